The summed E-state index contributed by atoms with van der Waals surface area (Å²) in [5.74, 6) is 0. The Kier molecular flexibility index (Phi) is 5.33. The van der Waals surface area contributed by atoms with Gasteiger partial charge in [-0.1, -0.05) is 6.92 Å². The van der Waals surface area contributed by atoms with Crippen LogP contribution in [-0.2, 0) is 4.74 Å². The lowest BCUT2D eigenvalue weighted by atomic mass is 10.0. The third kappa shape index (κ3) is 4.54. The van der Waals surface area contributed by atoms with E-state index in [1.54, 1.807) is 17.3 Å². The maximum atomic E-state index is 12.3. The Morgan fingerprint density at radius 2 is 1.89 bits per heavy atom. The van der Waals surface area contributed by atoms with Gasteiger partial charge in [-0.3, -0.25) is 4.98 Å². The van der Waals surface area contributed by atoms with Crippen LogP contribution in [0.3, 0.4) is 0 Å². The van der Waals surface area contributed by atoms with E-state index < -0.39 is 5.60 Å². The van der Waals surface area contributed by atoms with Gasteiger partial charge >= 0.3 is 6.09 Å². The summed E-state index contributed by atoms with van der Waals surface area (Å²) < 4.78 is 5.47. The number of pyridine rings is 1. The molecule has 0 radical (unpaired) electrons. The summed E-state index contributed by atoms with van der Waals surface area (Å²) in [5, 5.41) is 0. The van der Waals surface area contributed by atoms with Gasteiger partial charge in [0.2, 0.25) is 0 Å². The zero-order chi connectivity index (χ0) is 14.5. The Morgan fingerprint density at radius 1 is 1.32 bits per heavy atom. The normalized spacial score (nSPS) is 12.9. The first-order chi connectivity index (χ1) is 8.89. The van der Waals surface area contributed by atoms with Gasteiger partial charge in [0.05, 0.1) is 6.04 Å². The van der Waals surface area contributed by atoms with E-state index in [2.05, 4.69) is 11.9 Å². The summed E-state index contributed by atoms with van der Waals surface area (Å²) in [6.07, 6.45) is 4.08. The molecule has 0 saturated carbocycles. The molecule has 0 saturated heterocycles. The van der Waals surface area contributed by atoms with E-state index in [0.29, 0.717) is 6.54 Å². The highest BCUT2D eigenvalue weighted by atomic mass is 16.6. The molecule has 1 heterocycles. The Labute approximate surface area is 115 Å². The number of carbonyl (C=O) groups excluding carboxylic acids is 1. The van der Waals surface area contributed by atoms with Crippen molar-refractivity contribution in [3.63, 3.8) is 0 Å². The van der Waals surface area contributed by atoms with Crippen LogP contribution in [-0.4, -0.2) is 28.1 Å². The lowest BCUT2D eigenvalue weighted by molar-refractivity contribution is 0.0165. The molecule has 0 aliphatic carbocycles. The van der Waals surface area contributed by atoms with Crippen molar-refractivity contribution in [2.24, 2.45) is 0 Å². The average Bonchev–Trinajstić information content (AvgIpc) is 2.34. The Balaban J connectivity index is 2.91. The molecule has 0 fully saturated rings. The second-order valence-electron chi connectivity index (χ2n) is 5.47. The highest BCUT2D eigenvalue weighted by Crippen LogP contribution is 2.25. The Morgan fingerprint density at radius 3 is 2.32 bits per heavy atom. The monoisotopic (exact) mass is 264 g/mol. The number of hydrogen-bond donors (Lipinski definition) is 0. The van der Waals surface area contributed by atoms with E-state index in [1.807, 2.05) is 39.8 Å². The number of ether oxygens (including phenoxy) is 1. The largest absolute Gasteiger partial charge is 0.444 e. The molecule has 4 nitrogen and oxygen atoms in total. The summed E-state index contributed by atoms with van der Waals surface area (Å²) in [5.41, 5.74) is 0.617. The van der Waals surface area contributed by atoms with Crippen LogP contribution in [0.5, 0.6) is 0 Å². The zero-order valence-corrected chi connectivity index (χ0v) is 12.5. The molecule has 0 N–H and O–H groups in total. The lowest BCUT2D eigenvalue weighted by Crippen LogP contribution is -2.39. The molecule has 0 spiro atoms. The quantitative estimate of drug-likeness (QED) is 0.831. The molecule has 0 aromatic carbocycles. The summed E-state index contributed by atoms with van der Waals surface area (Å²) in [6.45, 7) is 10.3. The minimum Gasteiger partial charge on any atom is -0.444 e. The van der Waals surface area contributed by atoms with Crippen LogP contribution in [0.2, 0.25) is 0 Å². The Hall–Kier alpha value is -1.58. The summed E-state index contributed by atoms with van der Waals surface area (Å²) in [6, 6.07) is 3.92. The van der Waals surface area contributed by atoms with Crippen LogP contribution in [0.15, 0.2) is 24.5 Å². The van der Waals surface area contributed by atoms with Crippen molar-refractivity contribution in [2.45, 2.75) is 52.7 Å². The smallest absolute Gasteiger partial charge is 0.410 e. The Bertz CT molecular complexity index is 398. The van der Waals surface area contributed by atoms with Gasteiger partial charge in [0, 0.05) is 18.9 Å². The third-order valence-electron chi connectivity index (χ3n) is 2.82. The molecular formula is C15H24N2O2. The van der Waals surface area contributed by atoms with E-state index >= 15 is 0 Å². The number of rotatable bonds is 4. The van der Waals surface area contributed by atoms with E-state index in [1.165, 1.54) is 0 Å². The molecule has 4 heteroatoms. The van der Waals surface area contributed by atoms with Crippen molar-refractivity contribution in [3.05, 3.63) is 30.1 Å². The molecule has 1 aromatic heterocycles. The molecule has 106 valence electrons. The van der Waals surface area contributed by atoms with Gasteiger partial charge in [0.25, 0.3) is 0 Å². The number of aromatic nitrogens is 1. The van der Waals surface area contributed by atoms with Crippen molar-refractivity contribution in [1.29, 1.82) is 0 Å². The lowest BCUT2D eigenvalue weighted by Gasteiger charge is -2.32. The number of nitrogens with zero attached hydrogens (tertiary/aromatic N) is 2. The number of hydrogen-bond acceptors (Lipinski definition) is 3. The SMILES string of the molecule is CCC(c1ccncc1)N(CC)C(=O)OC(C)(C)C. The average molecular weight is 264 g/mol. The highest BCUT2D eigenvalue weighted by Gasteiger charge is 2.27. The molecule has 1 rings (SSSR count). The van der Waals surface area contributed by atoms with Gasteiger partial charge in [-0.2, -0.15) is 0 Å². The maximum Gasteiger partial charge on any atom is 0.410 e. The molecule has 0 bridgehead atoms. The van der Waals surface area contributed by atoms with Crippen molar-refractivity contribution in [3.8, 4) is 0 Å². The van der Waals surface area contributed by atoms with E-state index in [0.717, 1.165) is 12.0 Å². The predicted octanol–water partition coefficient (Wildman–Crippen LogP) is 3.79. The van der Waals surface area contributed by atoms with Crippen LogP contribution in [0.1, 0.15) is 52.6 Å². The van der Waals surface area contributed by atoms with Gasteiger partial charge in [-0.05, 0) is 51.8 Å². The number of carbonyl (C=O) groups is 1. The third-order valence-corrected chi connectivity index (χ3v) is 2.82. The van der Waals surface area contributed by atoms with E-state index in [4.69, 9.17) is 4.74 Å². The van der Waals surface area contributed by atoms with Crippen LogP contribution < -0.4 is 0 Å². The molecule has 1 unspecified atom stereocenters. The fourth-order valence-corrected chi connectivity index (χ4v) is 2.02. The van der Waals surface area contributed by atoms with Crippen molar-refractivity contribution in [1.82, 2.24) is 9.88 Å². The van der Waals surface area contributed by atoms with Gasteiger partial charge in [0.1, 0.15) is 5.60 Å². The predicted molar refractivity (Wildman–Crippen MR) is 75.9 cm³/mol. The van der Waals surface area contributed by atoms with E-state index in [-0.39, 0.29) is 12.1 Å². The van der Waals surface area contributed by atoms with Gasteiger partial charge < -0.3 is 9.64 Å². The molecule has 0 aliphatic rings. The van der Waals surface area contributed by atoms with Crippen LogP contribution in [0, 0.1) is 0 Å². The zero-order valence-electron chi connectivity index (χ0n) is 12.5. The van der Waals surface area contributed by atoms with Gasteiger partial charge in [-0.15, -0.1) is 0 Å². The molecule has 1 atom stereocenters. The topological polar surface area (TPSA) is 42.4 Å². The van der Waals surface area contributed by atoms with Crippen molar-refractivity contribution >= 4 is 6.09 Å². The van der Waals surface area contributed by atoms with Crippen LogP contribution in [0.25, 0.3) is 0 Å². The second-order valence-corrected chi connectivity index (χ2v) is 5.47. The molecule has 1 amide bonds. The van der Waals surface area contributed by atoms with Crippen LogP contribution in [0.4, 0.5) is 4.79 Å². The van der Waals surface area contributed by atoms with E-state index in [9.17, 15) is 4.79 Å². The fraction of sp³-hybridized carbons (Fsp3) is 0.600. The minimum atomic E-state index is -0.471. The molecule has 1 aromatic rings. The van der Waals surface area contributed by atoms with Gasteiger partial charge in [0.15, 0.2) is 0 Å². The number of amides is 1. The fourth-order valence-electron chi connectivity index (χ4n) is 2.02. The first-order valence-corrected chi connectivity index (χ1v) is 6.78. The standard InChI is InChI=1S/C15H24N2O2/c1-6-13(12-8-10-16-11-9-12)17(7-2)14(18)19-15(3,4)5/h8-11,13H,6-7H2,1-5H3. The van der Waals surface area contributed by atoms with Crippen molar-refractivity contribution in [2.75, 3.05) is 6.54 Å². The first kappa shape index (κ1) is 15.5. The van der Waals surface area contributed by atoms with Crippen LogP contribution >= 0.6 is 0 Å². The first-order valence-electron chi connectivity index (χ1n) is 6.78. The molecule has 19 heavy (non-hydrogen) atoms. The molecule has 0 aliphatic heterocycles. The summed E-state index contributed by atoms with van der Waals surface area (Å²) >= 11 is 0. The highest BCUT2D eigenvalue weighted by molar-refractivity contribution is 5.68. The second kappa shape index (κ2) is 6.55. The molecular weight excluding hydrogens is 240 g/mol. The van der Waals surface area contributed by atoms with Crippen molar-refractivity contribution < 1.29 is 9.53 Å². The maximum absolute atomic E-state index is 12.3. The summed E-state index contributed by atoms with van der Waals surface area (Å²) in [4.78, 5) is 18.0. The summed E-state index contributed by atoms with van der Waals surface area (Å²) in [7, 11) is 0. The minimum absolute atomic E-state index is 0.0304. The van der Waals surface area contributed by atoms with Gasteiger partial charge in [-0.25, -0.2) is 4.79 Å².